The van der Waals surface area contributed by atoms with Crippen molar-refractivity contribution in [3.63, 3.8) is 0 Å². The minimum absolute atomic E-state index is 0.169. The van der Waals surface area contributed by atoms with Crippen molar-refractivity contribution in [3.8, 4) is 6.07 Å². The van der Waals surface area contributed by atoms with E-state index in [0.29, 0.717) is 0 Å². The summed E-state index contributed by atoms with van der Waals surface area (Å²) in [7, 11) is 0. The summed E-state index contributed by atoms with van der Waals surface area (Å²) in [5, 5.41) is 18.8. The van der Waals surface area contributed by atoms with Gasteiger partial charge in [0, 0.05) is 6.54 Å². The number of hydrogen-bond acceptors (Lipinski definition) is 3. The van der Waals surface area contributed by atoms with Crippen LogP contribution in [-0.2, 0) is 0 Å². The predicted molar refractivity (Wildman–Crippen MR) is 55.6 cm³/mol. The van der Waals surface area contributed by atoms with Crippen LogP contribution >= 0.6 is 0 Å². The molecule has 0 aromatic carbocycles. The maximum absolute atomic E-state index is 9.80. The van der Waals surface area contributed by atoms with Gasteiger partial charge in [0.15, 0.2) is 0 Å². The van der Waals surface area contributed by atoms with E-state index < -0.39 is 6.10 Å². The van der Waals surface area contributed by atoms with Crippen LogP contribution in [0.3, 0.4) is 0 Å². The van der Waals surface area contributed by atoms with E-state index in [1.54, 1.807) is 0 Å². The van der Waals surface area contributed by atoms with Gasteiger partial charge in [0.05, 0.1) is 18.1 Å². The molecular formula is C11H20N2O. The quantitative estimate of drug-likeness (QED) is 0.736. The van der Waals surface area contributed by atoms with Gasteiger partial charge in [-0.3, -0.25) is 0 Å². The predicted octanol–water partition coefficient (Wildman–Crippen LogP) is 1.24. The van der Waals surface area contributed by atoms with Crippen LogP contribution in [0.15, 0.2) is 0 Å². The molecule has 0 saturated carbocycles. The molecule has 1 aliphatic heterocycles. The summed E-state index contributed by atoms with van der Waals surface area (Å²) >= 11 is 0. The zero-order valence-electron chi connectivity index (χ0n) is 9.11. The number of hydrogen-bond donors (Lipinski definition) is 1. The van der Waals surface area contributed by atoms with Crippen LogP contribution in [0.2, 0.25) is 0 Å². The molecule has 1 fully saturated rings. The smallest absolute Gasteiger partial charge is 0.0851 e. The fourth-order valence-corrected chi connectivity index (χ4v) is 1.93. The van der Waals surface area contributed by atoms with E-state index in [0.717, 1.165) is 19.6 Å². The van der Waals surface area contributed by atoms with Crippen LogP contribution in [-0.4, -0.2) is 35.7 Å². The third-order valence-electron chi connectivity index (χ3n) is 2.91. The molecule has 1 aliphatic rings. The molecule has 0 aliphatic carbocycles. The van der Waals surface area contributed by atoms with Gasteiger partial charge in [-0.05, 0) is 31.8 Å². The molecule has 0 radical (unpaired) electrons. The van der Waals surface area contributed by atoms with Crippen LogP contribution in [0.1, 0.15) is 26.7 Å². The lowest BCUT2D eigenvalue weighted by molar-refractivity contribution is 0.0717. The van der Waals surface area contributed by atoms with Gasteiger partial charge >= 0.3 is 0 Å². The standard InChI is InChI=1S/C11H20N2O/c1-9(2)11(14)10(7-12)8-13-5-3-4-6-13/h9-11,14H,3-6,8H2,1-2H3/t10-,11-/m0/s1. The van der Waals surface area contributed by atoms with Crippen LogP contribution < -0.4 is 0 Å². The Hall–Kier alpha value is -0.590. The number of aliphatic hydroxyl groups excluding tert-OH is 1. The third-order valence-corrected chi connectivity index (χ3v) is 2.91. The molecule has 0 unspecified atom stereocenters. The van der Waals surface area contributed by atoms with E-state index in [1.165, 1.54) is 12.8 Å². The van der Waals surface area contributed by atoms with Gasteiger partial charge in [-0.2, -0.15) is 5.26 Å². The highest BCUT2D eigenvalue weighted by atomic mass is 16.3. The molecule has 1 rings (SSSR count). The highest BCUT2D eigenvalue weighted by molar-refractivity contribution is 4.92. The summed E-state index contributed by atoms with van der Waals surface area (Å²) in [5.74, 6) is -0.0599. The molecule has 80 valence electrons. The Morgan fingerprint density at radius 2 is 1.93 bits per heavy atom. The lowest BCUT2D eigenvalue weighted by atomic mass is 9.94. The minimum atomic E-state index is -0.486. The normalized spacial score (nSPS) is 22.2. The Morgan fingerprint density at radius 3 is 2.36 bits per heavy atom. The van der Waals surface area contributed by atoms with Crippen molar-refractivity contribution in [2.75, 3.05) is 19.6 Å². The molecule has 0 amide bonds. The molecule has 3 nitrogen and oxygen atoms in total. The third kappa shape index (κ3) is 2.97. The molecule has 1 N–H and O–H groups in total. The Balaban J connectivity index is 2.42. The Morgan fingerprint density at radius 1 is 1.36 bits per heavy atom. The molecule has 0 bridgehead atoms. The van der Waals surface area contributed by atoms with E-state index in [9.17, 15) is 5.11 Å². The van der Waals surface area contributed by atoms with Crippen molar-refractivity contribution in [1.82, 2.24) is 4.90 Å². The van der Waals surface area contributed by atoms with Crippen molar-refractivity contribution < 1.29 is 5.11 Å². The van der Waals surface area contributed by atoms with E-state index in [-0.39, 0.29) is 11.8 Å². The van der Waals surface area contributed by atoms with Crippen LogP contribution in [0.4, 0.5) is 0 Å². The Labute approximate surface area is 86.3 Å². The average Bonchev–Trinajstić information content (AvgIpc) is 2.65. The van der Waals surface area contributed by atoms with Gasteiger partial charge in [0.2, 0.25) is 0 Å². The largest absolute Gasteiger partial charge is 0.391 e. The molecule has 0 aromatic rings. The van der Waals surface area contributed by atoms with Crippen molar-refractivity contribution >= 4 is 0 Å². The Bertz CT molecular complexity index is 204. The lowest BCUT2D eigenvalue weighted by Crippen LogP contribution is -2.35. The second-order valence-corrected chi connectivity index (χ2v) is 4.48. The lowest BCUT2D eigenvalue weighted by Gasteiger charge is -2.24. The Kier molecular flexibility index (Phi) is 4.37. The summed E-state index contributed by atoms with van der Waals surface area (Å²) in [5.41, 5.74) is 0. The second-order valence-electron chi connectivity index (χ2n) is 4.48. The SMILES string of the molecule is CC(C)[C@H](O)[C@@H](C#N)CN1CCCC1. The molecule has 0 spiro atoms. The summed E-state index contributed by atoms with van der Waals surface area (Å²) in [6.07, 6.45) is 1.98. The second kappa shape index (κ2) is 5.33. The summed E-state index contributed by atoms with van der Waals surface area (Å²) < 4.78 is 0. The molecular weight excluding hydrogens is 176 g/mol. The summed E-state index contributed by atoms with van der Waals surface area (Å²) in [6, 6.07) is 2.22. The number of aliphatic hydroxyl groups is 1. The van der Waals surface area contributed by atoms with Gasteiger partial charge in [-0.25, -0.2) is 0 Å². The molecule has 1 saturated heterocycles. The van der Waals surface area contributed by atoms with Gasteiger partial charge in [-0.15, -0.1) is 0 Å². The first-order valence-electron chi connectivity index (χ1n) is 5.45. The van der Waals surface area contributed by atoms with Crippen LogP contribution in [0, 0.1) is 23.2 Å². The van der Waals surface area contributed by atoms with E-state index in [1.807, 2.05) is 13.8 Å². The van der Waals surface area contributed by atoms with Crippen molar-refractivity contribution in [1.29, 1.82) is 5.26 Å². The fourth-order valence-electron chi connectivity index (χ4n) is 1.93. The zero-order chi connectivity index (χ0) is 10.6. The van der Waals surface area contributed by atoms with Crippen molar-refractivity contribution in [3.05, 3.63) is 0 Å². The van der Waals surface area contributed by atoms with Crippen LogP contribution in [0.25, 0.3) is 0 Å². The summed E-state index contributed by atoms with van der Waals surface area (Å²) in [4.78, 5) is 2.28. The van der Waals surface area contributed by atoms with Gasteiger partial charge in [0.25, 0.3) is 0 Å². The average molecular weight is 196 g/mol. The van der Waals surface area contributed by atoms with Gasteiger partial charge in [0.1, 0.15) is 0 Å². The maximum atomic E-state index is 9.80. The number of nitrogens with zero attached hydrogens (tertiary/aromatic N) is 2. The number of likely N-dealkylation sites (tertiary alicyclic amines) is 1. The maximum Gasteiger partial charge on any atom is 0.0851 e. The molecule has 3 heteroatoms. The highest BCUT2D eigenvalue weighted by Gasteiger charge is 2.25. The fraction of sp³-hybridized carbons (Fsp3) is 0.909. The highest BCUT2D eigenvalue weighted by Crippen LogP contribution is 2.16. The van der Waals surface area contributed by atoms with Gasteiger partial charge < -0.3 is 10.0 Å². The van der Waals surface area contributed by atoms with Crippen molar-refractivity contribution in [2.24, 2.45) is 11.8 Å². The summed E-state index contributed by atoms with van der Waals surface area (Å²) in [6.45, 7) is 6.82. The molecule has 2 atom stereocenters. The van der Waals surface area contributed by atoms with Gasteiger partial charge in [-0.1, -0.05) is 13.8 Å². The number of nitriles is 1. The molecule has 1 heterocycles. The monoisotopic (exact) mass is 196 g/mol. The first-order valence-corrected chi connectivity index (χ1v) is 5.45. The molecule has 14 heavy (non-hydrogen) atoms. The van der Waals surface area contributed by atoms with E-state index >= 15 is 0 Å². The van der Waals surface area contributed by atoms with Crippen molar-refractivity contribution in [2.45, 2.75) is 32.8 Å². The van der Waals surface area contributed by atoms with Crippen LogP contribution in [0.5, 0.6) is 0 Å². The van der Waals surface area contributed by atoms with E-state index in [2.05, 4.69) is 11.0 Å². The minimum Gasteiger partial charge on any atom is -0.391 e. The topological polar surface area (TPSA) is 47.3 Å². The van der Waals surface area contributed by atoms with E-state index in [4.69, 9.17) is 5.26 Å². The first-order chi connectivity index (χ1) is 6.65. The number of rotatable bonds is 4. The first kappa shape index (κ1) is 11.5. The molecule has 0 aromatic heterocycles. The zero-order valence-corrected chi connectivity index (χ0v) is 9.11.